The van der Waals surface area contributed by atoms with Crippen LogP contribution in [-0.2, 0) is 0 Å². The Hall–Kier alpha value is -2.01. The molecule has 0 aromatic heterocycles. The van der Waals surface area contributed by atoms with E-state index in [4.69, 9.17) is 0 Å². The number of nitrogens with zero attached hydrogens (tertiary/aromatic N) is 2. The largest absolute Gasteiger partial charge is 0.371 e. The van der Waals surface area contributed by atoms with Crippen LogP contribution in [0.1, 0.15) is 37.7 Å². The summed E-state index contributed by atoms with van der Waals surface area (Å²) in [5, 5.41) is 11.5. The zero-order chi connectivity index (χ0) is 13.9. The lowest BCUT2D eigenvalue weighted by atomic mass is 9.93. The second-order valence-corrected chi connectivity index (χ2v) is 5.69. The molecule has 0 unspecified atom stereocenters. The number of anilines is 1. The standard InChI is InChI=1S/C18H20N2/c1-20(15-7-3-2-4-8-15)18-12-11-14(13-19)16-9-5-6-10-17(16)18/h5-6,9-12,15H,2-4,7-8H2,1H3. The maximum atomic E-state index is 9.25. The molecule has 102 valence electrons. The first-order valence-corrected chi connectivity index (χ1v) is 7.46. The Balaban J connectivity index is 2.05. The zero-order valence-electron chi connectivity index (χ0n) is 12.0. The third-order valence-corrected chi connectivity index (χ3v) is 4.52. The van der Waals surface area contributed by atoms with Crippen molar-refractivity contribution in [3.05, 3.63) is 42.0 Å². The van der Waals surface area contributed by atoms with Crippen LogP contribution in [0.3, 0.4) is 0 Å². The summed E-state index contributed by atoms with van der Waals surface area (Å²) in [5.41, 5.74) is 2.02. The van der Waals surface area contributed by atoms with Gasteiger partial charge in [0.2, 0.25) is 0 Å². The van der Waals surface area contributed by atoms with Crippen molar-refractivity contribution in [2.45, 2.75) is 38.1 Å². The summed E-state index contributed by atoms with van der Waals surface area (Å²) in [6, 6.07) is 15.2. The molecule has 1 aliphatic carbocycles. The quantitative estimate of drug-likeness (QED) is 0.799. The van der Waals surface area contributed by atoms with Gasteiger partial charge in [-0.3, -0.25) is 0 Å². The normalized spacial score (nSPS) is 16.0. The van der Waals surface area contributed by atoms with E-state index in [-0.39, 0.29) is 0 Å². The van der Waals surface area contributed by atoms with Crippen molar-refractivity contribution in [3.63, 3.8) is 0 Å². The molecular formula is C18H20N2. The van der Waals surface area contributed by atoms with Gasteiger partial charge >= 0.3 is 0 Å². The molecule has 0 saturated heterocycles. The molecule has 0 N–H and O–H groups in total. The van der Waals surface area contributed by atoms with E-state index in [1.807, 2.05) is 18.2 Å². The summed E-state index contributed by atoms with van der Waals surface area (Å²) in [4.78, 5) is 2.42. The van der Waals surface area contributed by atoms with Gasteiger partial charge in [0.05, 0.1) is 11.6 Å². The highest BCUT2D eigenvalue weighted by Gasteiger charge is 2.20. The molecule has 2 aromatic carbocycles. The number of hydrogen-bond donors (Lipinski definition) is 0. The molecule has 1 saturated carbocycles. The molecule has 1 aliphatic rings. The van der Waals surface area contributed by atoms with Gasteiger partial charge in [0.15, 0.2) is 0 Å². The Morgan fingerprint density at radius 2 is 1.70 bits per heavy atom. The van der Waals surface area contributed by atoms with Crippen LogP contribution in [0.2, 0.25) is 0 Å². The lowest BCUT2D eigenvalue weighted by molar-refractivity contribution is 0.428. The minimum Gasteiger partial charge on any atom is -0.371 e. The van der Waals surface area contributed by atoms with E-state index in [9.17, 15) is 5.26 Å². The van der Waals surface area contributed by atoms with Gasteiger partial charge in [-0.15, -0.1) is 0 Å². The van der Waals surface area contributed by atoms with Gasteiger partial charge in [0, 0.05) is 29.5 Å². The molecule has 0 heterocycles. The summed E-state index contributed by atoms with van der Waals surface area (Å²) in [6.45, 7) is 0. The minimum atomic E-state index is 0.639. The summed E-state index contributed by atoms with van der Waals surface area (Å²) in [6.07, 6.45) is 6.61. The Labute approximate surface area is 120 Å². The van der Waals surface area contributed by atoms with Gasteiger partial charge < -0.3 is 4.90 Å². The van der Waals surface area contributed by atoms with Crippen molar-refractivity contribution in [3.8, 4) is 6.07 Å². The van der Waals surface area contributed by atoms with Crippen molar-refractivity contribution < 1.29 is 0 Å². The first-order valence-electron chi connectivity index (χ1n) is 7.46. The number of fused-ring (bicyclic) bond motifs is 1. The molecular weight excluding hydrogens is 244 g/mol. The molecule has 1 fully saturated rings. The molecule has 0 atom stereocenters. The number of hydrogen-bond acceptors (Lipinski definition) is 2. The molecule has 2 aromatic rings. The fourth-order valence-corrected chi connectivity index (χ4v) is 3.35. The molecule has 2 heteroatoms. The summed E-state index contributed by atoms with van der Waals surface area (Å²) in [7, 11) is 2.20. The Morgan fingerprint density at radius 1 is 1.00 bits per heavy atom. The van der Waals surface area contributed by atoms with Crippen molar-refractivity contribution in [2.75, 3.05) is 11.9 Å². The van der Waals surface area contributed by atoms with Gasteiger partial charge in [0.1, 0.15) is 0 Å². The summed E-state index contributed by atoms with van der Waals surface area (Å²) < 4.78 is 0. The van der Waals surface area contributed by atoms with Crippen molar-refractivity contribution in [2.24, 2.45) is 0 Å². The van der Waals surface area contributed by atoms with Crippen LogP contribution in [0.5, 0.6) is 0 Å². The average molecular weight is 264 g/mol. The molecule has 0 bridgehead atoms. The van der Waals surface area contributed by atoms with Gasteiger partial charge in [-0.25, -0.2) is 0 Å². The van der Waals surface area contributed by atoms with Gasteiger partial charge in [-0.1, -0.05) is 43.5 Å². The van der Waals surface area contributed by atoms with Crippen molar-refractivity contribution in [1.82, 2.24) is 0 Å². The van der Waals surface area contributed by atoms with E-state index < -0.39 is 0 Å². The van der Waals surface area contributed by atoms with Crippen molar-refractivity contribution in [1.29, 1.82) is 5.26 Å². The van der Waals surface area contributed by atoms with Gasteiger partial charge in [-0.05, 0) is 25.0 Å². The lowest BCUT2D eigenvalue weighted by Gasteiger charge is -2.33. The highest BCUT2D eigenvalue weighted by atomic mass is 15.1. The molecule has 0 spiro atoms. The Bertz CT molecular complexity index is 648. The van der Waals surface area contributed by atoms with E-state index in [1.165, 1.54) is 43.2 Å². The average Bonchev–Trinajstić information content (AvgIpc) is 2.54. The molecule has 2 nitrogen and oxygen atoms in total. The fourth-order valence-electron chi connectivity index (χ4n) is 3.35. The highest BCUT2D eigenvalue weighted by Crippen LogP contribution is 2.32. The van der Waals surface area contributed by atoms with Crippen LogP contribution >= 0.6 is 0 Å². The number of rotatable bonds is 2. The lowest BCUT2D eigenvalue weighted by Crippen LogP contribution is -2.33. The monoisotopic (exact) mass is 264 g/mol. The first kappa shape index (κ1) is 13.0. The molecule has 0 aliphatic heterocycles. The van der Waals surface area contributed by atoms with Gasteiger partial charge in [-0.2, -0.15) is 5.26 Å². The van der Waals surface area contributed by atoms with E-state index in [0.717, 1.165) is 10.9 Å². The van der Waals surface area contributed by atoms with Crippen LogP contribution in [0.15, 0.2) is 36.4 Å². The van der Waals surface area contributed by atoms with Gasteiger partial charge in [0.25, 0.3) is 0 Å². The predicted molar refractivity (Wildman–Crippen MR) is 83.9 cm³/mol. The molecule has 0 radical (unpaired) electrons. The van der Waals surface area contributed by atoms with Crippen LogP contribution in [0.25, 0.3) is 10.8 Å². The Morgan fingerprint density at radius 3 is 2.40 bits per heavy atom. The highest BCUT2D eigenvalue weighted by molar-refractivity contribution is 5.97. The fraction of sp³-hybridized carbons (Fsp3) is 0.389. The Kier molecular flexibility index (Phi) is 3.60. The van der Waals surface area contributed by atoms with E-state index in [2.05, 4.69) is 36.2 Å². The first-order chi connectivity index (χ1) is 9.81. The van der Waals surface area contributed by atoms with Crippen LogP contribution in [0.4, 0.5) is 5.69 Å². The SMILES string of the molecule is CN(c1ccc(C#N)c2ccccc12)C1CCCCC1. The van der Waals surface area contributed by atoms with E-state index >= 15 is 0 Å². The van der Waals surface area contributed by atoms with Crippen LogP contribution in [-0.4, -0.2) is 13.1 Å². The summed E-state index contributed by atoms with van der Waals surface area (Å²) in [5.74, 6) is 0. The third kappa shape index (κ3) is 2.25. The van der Waals surface area contributed by atoms with E-state index in [1.54, 1.807) is 0 Å². The predicted octanol–water partition coefficient (Wildman–Crippen LogP) is 4.48. The minimum absolute atomic E-state index is 0.639. The number of benzene rings is 2. The maximum Gasteiger partial charge on any atom is 0.0998 e. The third-order valence-electron chi connectivity index (χ3n) is 4.52. The summed E-state index contributed by atoms with van der Waals surface area (Å²) >= 11 is 0. The molecule has 0 amide bonds. The van der Waals surface area contributed by atoms with Crippen LogP contribution in [0, 0.1) is 11.3 Å². The van der Waals surface area contributed by atoms with Crippen molar-refractivity contribution >= 4 is 16.5 Å². The van der Waals surface area contributed by atoms with Crippen LogP contribution < -0.4 is 4.90 Å². The second-order valence-electron chi connectivity index (χ2n) is 5.69. The number of nitriles is 1. The van der Waals surface area contributed by atoms with E-state index in [0.29, 0.717) is 6.04 Å². The molecule has 3 rings (SSSR count). The maximum absolute atomic E-state index is 9.25. The zero-order valence-corrected chi connectivity index (χ0v) is 12.0. The second kappa shape index (κ2) is 5.54. The topological polar surface area (TPSA) is 27.0 Å². The smallest absolute Gasteiger partial charge is 0.0998 e. The molecule has 20 heavy (non-hydrogen) atoms.